The van der Waals surface area contributed by atoms with Crippen LogP contribution in [-0.2, 0) is 10.0 Å². The van der Waals surface area contributed by atoms with E-state index in [2.05, 4.69) is 5.32 Å². The quantitative estimate of drug-likeness (QED) is 0.703. The summed E-state index contributed by atoms with van der Waals surface area (Å²) in [7, 11) is -2.92. The third kappa shape index (κ3) is 2.10. The van der Waals surface area contributed by atoms with Crippen molar-refractivity contribution in [3.63, 3.8) is 0 Å². The number of nitrogens with zero attached hydrogens (tertiary/aromatic N) is 1. The molecule has 5 heteroatoms. The van der Waals surface area contributed by atoms with Gasteiger partial charge in [-0.15, -0.1) is 0 Å². The summed E-state index contributed by atoms with van der Waals surface area (Å²) in [6.45, 7) is 5.46. The van der Waals surface area contributed by atoms with Crippen LogP contribution in [0.15, 0.2) is 0 Å². The maximum atomic E-state index is 11.7. The lowest BCUT2D eigenvalue weighted by Crippen LogP contribution is -2.32. The molecule has 0 bridgehead atoms. The molecule has 2 aliphatic rings. The molecule has 4 nitrogen and oxygen atoms in total. The highest BCUT2D eigenvalue weighted by Gasteiger charge is 2.35. The first-order valence-corrected chi connectivity index (χ1v) is 6.87. The van der Waals surface area contributed by atoms with Crippen LogP contribution in [0.5, 0.6) is 0 Å². The van der Waals surface area contributed by atoms with Gasteiger partial charge >= 0.3 is 0 Å². The van der Waals surface area contributed by atoms with Crippen molar-refractivity contribution >= 4 is 10.0 Å². The first kappa shape index (κ1) is 10.4. The molecule has 2 saturated heterocycles. The number of nitrogens with one attached hydrogen (secondary N) is 1. The van der Waals surface area contributed by atoms with E-state index in [4.69, 9.17) is 0 Å². The third-order valence-electron chi connectivity index (χ3n) is 3.03. The van der Waals surface area contributed by atoms with Gasteiger partial charge in [-0.1, -0.05) is 6.92 Å². The minimum atomic E-state index is -2.92. The van der Waals surface area contributed by atoms with Gasteiger partial charge in [-0.3, -0.25) is 0 Å². The Labute approximate surface area is 85.7 Å². The molecule has 0 aromatic heterocycles. The molecule has 0 spiro atoms. The number of hydrogen-bond donors (Lipinski definition) is 1. The van der Waals surface area contributed by atoms with E-state index in [0.29, 0.717) is 17.6 Å². The van der Waals surface area contributed by atoms with E-state index in [1.165, 1.54) is 0 Å². The second-order valence-electron chi connectivity index (χ2n) is 4.56. The zero-order chi connectivity index (χ0) is 10.2. The maximum Gasteiger partial charge on any atom is 0.214 e. The zero-order valence-corrected chi connectivity index (χ0v) is 9.39. The molecule has 0 aromatic rings. The van der Waals surface area contributed by atoms with Crippen LogP contribution in [0.3, 0.4) is 0 Å². The fourth-order valence-electron chi connectivity index (χ4n) is 2.33. The van der Waals surface area contributed by atoms with Gasteiger partial charge in [0.25, 0.3) is 0 Å². The Morgan fingerprint density at radius 2 is 2.29 bits per heavy atom. The van der Waals surface area contributed by atoms with Gasteiger partial charge in [0.2, 0.25) is 10.0 Å². The molecule has 14 heavy (non-hydrogen) atoms. The number of hydrogen-bond acceptors (Lipinski definition) is 3. The molecule has 2 unspecified atom stereocenters. The molecule has 2 atom stereocenters. The second-order valence-corrected chi connectivity index (χ2v) is 6.57. The summed E-state index contributed by atoms with van der Waals surface area (Å²) in [6, 6.07) is 0. The fraction of sp³-hybridized carbons (Fsp3) is 1.00. The lowest BCUT2D eigenvalue weighted by molar-refractivity contribution is 0.356. The monoisotopic (exact) mass is 218 g/mol. The van der Waals surface area contributed by atoms with E-state index in [-0.39, 0.29) is 0 Å². The van der Waals surface area contributed by atoms with Gasteiger partial charge in [0.05, 0.1) is 5.75 Å². The minimum Gasteiger partial charge on any atom is -0.316 e. The molecule has 2 heterocycles. The standard InChI is InChI=1S/C9H18N2O2S/c1-8-5-11(14(12,13)7-8)6-9-2-3-10-4-9/h8-10H,2-7H2,1H3. The van der Waals surface area contributed by atoms with Crippen LogP contribution >= 0.6 is 0 Å². The van der Waals surface area contributed by atoms with Crippen molar-refractivity contribution in [2.45, 2.75) is 13.3 Å². The van der Waals surface area contributed by atoms with Gasteiger partial charge in [-0.2, -0.15) is 0 Å². The van der Waals surface area contributed by atoms with E-state index in [1.54, 1.807) is 4.31 Å². The Morgan fingerprint density at radius 1 is 1.50 bits per heavy atom. The van der Waals surface area contributed by atoms with Gasteiger partial charge in [0.15, 0.2) is 0 Å². The van der Waals surface area contributed by atoms with Crippen LogP contribution in [0.25, 0.3) is 0 Å². The Morgan fingerprint density at radius 3 is 2.79 bits per heavy atom. The highest BCUT2D eigenvalue weighted by Crippen LogP contribution is 2.21. The Hall–Kier alpha value is -0.130. The van der Waals surface area contributed by atoms with Crippen LogP contribution in [0.4, 0.5) is 0 Å². The lowest BCUT2D eigenvalue weighted by atomic mass is 10.1. The summed E-state index contributed by atoms with van der Waals surface area (Å²) < 4.78 is 25.0. The average molecular weight is 218 g/mol. The van der Waals surface area contributed by atoms with Crippen molar-refractivity contribution < 1.29 is 8.42 Å². The first-order chi connectivity index (χ1) is 6.58. The molecule has 0 radical (unpaired) electrons. The van der Waals surface area contributed by atoms with Gasteiger partial charge in [-0.05, 0) is 31.3 Å². The van der Waals surface area contributed by atoms with E-state index < -0.39 is 10.0 Å². The Balaban J connectivity index is 1.97. The lowest BCUT2D eigenvalue weighted by Gasteiger charge is -2.18. The average Bonchev–Trinajstić information content (AvgIpc) is 2.61. The topological polar surface area (TPSA) is 49.4 Å². The van der Waals surface area contributed by atoms with Gasteiger partial charge in [-0.25, -0.2) is 12.7 Å². The van der Waals surface area contributed by atoms with Gasteiger partial charge < -0.3 is 5.32 Å². The smallest absolute Gasteiger partial charge is 0.214 e. The predicted octanol–water partition coefficient (Wildman–Crippen LogP) is -0.123. The van der Waals surface area contributed by atoms with Crippen molar-refractivity contribution in [3.05, 3.63) is 0 Å². The predicted molar refractivity (Wildman–Crippen MR) is 55.5 cm³/mol. The molecule has 82 valence electrons. The van der Waals surface area contributed by atoms with Crippen LogP contribution < -0.4 is 5.32 Å². The summed E-state index contributed by atoms with van der Waals surface area (Å²) in [5.41, 5.74) is 0. The minimum absolute atomic E-state index is 0.300. The highest BCUT2D eigenvalue weighted by molar-refractivity contribution is 7.89. The second kappa shape index (κ2) is 3.79. The molecular weight excluding hydrogens is 200 g/mol. The zero-order valence-electron chi connectivity index (χ0n) is 8.57. The molecule has 1 N–H and O–H groups in total. The number of rotatable bonds is 2. The normalized spacial score (nSPS) is 37.8. The summed E-state index contributed by atoms with van der Waals surface area (Å²) in [4.78, 5) is 0. The summed E-state index contributed by atoms with van der Waals surface area (Å²) in [5.74, 6) is 1.16. The van der Waals surface area contributed by atoms with Crippen molar-refractivity contribution in [2.75, 3.05) is 31.9 Å². The van der Waals surface area contributed by atoms with Crippen molar-refractivity contribution in [2.24, 2.45) is 11.8 Å². The van der Waals surface area contributed by atoms with Crippen molar-refractivity contribution in [1.82, 2.24) is 9.62 Å². The Bertz CT molecular complexity index is 296. The van der Waals surface area contributed by atoms with E-state index in [1.807, 2.05) is 6.92 Å². The van der Waals surface area contributed by atoms with Gasteiger partial charge in [0.1, 0.15) is 0 Å². The summed E-state index contributed by atoms with van der Waals surface area (Å²) >= 11 is 0. The SMILES string of the molecule is CC1CN(CC2CCNC2)S(=O)(=O)C1. The van der Waals surface area contributed by atoms with Crippen LogP contribution in [0.2, 0.25) is 0 Å². The van der Waals surface area contributed by atoms with Crippen LogP contribution in [0, 0.1) is 11.8 Å². The Kier molecular flexibility index (Phi) is 2.81. The van der Waals surface area contributed by atoms with Crippen molar-refractivity contribution in [1.29, 1.82) is 0 Å². The summed E-state index contributed by atoms with van der Waals surface area (Å²) in [6.07, 6.45) is 1.11. The largest absolute Gasteiger partial charge is 0.316 e. The van der Waals surface area contributed by atoms with E-state index in [9.17, 15) is 8.42 Å². The van der Waals surface area contributed by atoms with Crippen LogP contribution in [0.1, 0.15) is 13.3 Å². The maximum absolute atomic E-state index is 11.7. The molecule has 2 fully saturated rings. The first-order valence-electron chi connectivity index (χ1n) is 5.26. The number of sulfonamides is 1. The molecule has 0 aliphatic carbocycles. The molecule has 2 aliphatic heterocycles. The van der Waals surface area contributed by atoms with Gasteiger partial charge in [0, 0.05) is 13.1 Å². The molecule has 0 saturated carbocycles. The van der Waals surface area contributed by atoms with E-state index in [0.717, 1.165) is 32.6 Å². The summed E-state index contributed by atoms with van der Waals surface area (Å²) in [5, 5.41) is 3.26. The van der Waals surface area contributed by atoms with Crippen molar-refractivity contribution in [3.8, 4) is 0 Å². The molecule has 0 amide bonds. The third-order valence-corrected chi connectivity index (χ3v) is 5.10. The van der Waals surface area contributed by atoms with E-state index >= 15 is 0 Å². The molecule has 2 rings (SSSR count). The molecule has 0 aromatic carbocycles. The fourth-order valence-corrected chi connectivity index (χ4v) is 4.28. The van der Waals surface area contributed by atoms with Crippen LogP contribution in [-0.4, -0.2) is 44.7 Å². The molecular formula is C9H18N2O2S. The highest BCUT2D eigenvalue weighted by atomic mass is 32.2.